The first-order chi connectivity index (χ1) is 6.36. The predicted octanol–water partition coefficient (Wildman–Crippen LogP) is 3.17. The third kappa shape index (κ3) is 0.859. The third-order valence-corrected chi connectivity index (χ3v) is 3.18. The van der Waals surface area contributed by atoms with Crippen molar-refractivity contribution in [1.29, 1.82) is 0 Å². The van der Waals surface area contributed by atoms with Gasteiger partial charge in [0.15, 0.2) is 0 Å². The van der Waals surface area contributed by atoms with Gasteiger partial charge in [0.05, 0.1) is 0 Å². The maximum Gasteiger partial charge on any atom is 0.0189 e. The molecule has 2 atom stereocenters. The minimum Gasteiger partial charge on any atom is -0.0764 e. The summed E-state index contributed by atoms with van der Waals surface area (Å²) < 4.78 is 0. The van der Waals surface area contributed by atoms with E-state index in [2.05, 4.69) is 49.5 Å². The van der Waals surface area contributed by atoms with Crippen molar-refractivity contribution in [3.63, 3.8) is 0 Å². The molecular formula is C13H12. The van der Waals surface area contributed by atoms with Crippen LogP contribution < -0.4 is 0 Å². The fourth-order valence-corrected chi connectivity index (χ4v) is 2.48. The van der Waals surface area contributed by atoms with Crippen LogP contribution in [0.25, 0.3) is 0 Å². The van der Waals surface area contributed by atoms with Crippen LogP contribution in [0.5, 0.6) is 0 Å². The minimum atomic E-state index is 0.634. The Morgan fingerprint density at radius 2 is 1.92 bits per heavy atom. The van der Waals surface area contributed by atoms with Gasteiger partial charge in [-0.15, -0.1) is 0 Å². The smallest absolute Gasteiger partial charge is 0.0189 e. The van der Waals surface area contributed by atoms with Crippen LogP contribution >= 0.6 is 0 Å². The van der Waals surface area contributed by atoms with Crippen molar-refractivity contribution in [1.82, 2.24) is 0 Å². The molecular weight excluding hydrogens is 156 g/mol. The molecule has 0 saturated carbocycles. The van der Waals surface area contributed by atoms with Gasteiger partial charge in [0.1, 0.15) is 0 Å². The summed E-state index contributed by atoms with van der Waals surface area (Å²) in [6.07, 6.45) is 15.8. The molecule has 0 aromatic rings. The molecule has 3 rings (SSSR count). The normalized spacial score (nSPS) is 33.8. The van der Waals surface area contributed by atoms with E-state index in [0.717, 1.165) is 0 Å². The van der Waals surface area contributed by atoms with Gasteiger partial charge in [-0.2, -0.15) is 0 Å². The van der Waals surface area contributed by atoms with Crippen LogP contribution in [0.3, 0.4) is 0 Å². The van der Waals surface area contributed by atoms with Crippen molar-refractivity contribution >= 4 is 0 Å². The Labute approximate surface area is 78.7 Å². The standard InChI is InChI=1S/C13H12/c1-9-3-2-4-10-5-6-11-7-8-12(9)13(10)11/h2-8,11,13H,1H3. The highest BCUT2D eigenvalue weighted by molar-refractivity contribution is 5.54. The summed E-state index contributed by atoms with van der Waals surface area (Å²) in [5.74, 6) is 1.27. The number of rotatable bonds is 0. The first kappa shape index (κ1) is 7.14. The Morgan fingerprint density at radius 3 is 2.85 bits per heavy atom. The molecule has 0 N–H and O–H groups in total. The zero-order valence-electron chi connectivity index (χ0n) is 7.70. The fraction of sp³-hybridized carbons (Fsp3) is 0.231. The van der Waals surface area contributed by atoms with E-state index in [1.807, 2.05) is 0 Å². The summed E-state index contributed by atoms with van der Waals surface area (Å²) in [6.45, 7) is 2.20. The average Bonchev–Trinajstić information content (AvgIpc) is 2.63. The zero-order chi connectivity index (χ0) is 8.84. The topological polar surface area (TPSA) is 0 Å². The number of hydrogen-bond donors (Lipinski definition) is 0. The second kappa shape index (κ2) is 2.35. The van der Waals surface area contributed by atoms with Crippen molar-refractivity contribution in [3.05, 3.63) is 59.3 Å². The van der Waals surface area contributed by atoms with Crippen LogP contribution in [0.15, 0.2) is 59.3 Å². The van der Waals surface area contributed by atoms with Crippen molar-refractivity contribution in [3.8, 4) is 0 Å². The lowest BCUT2D eigenvalue weighted by Crippen LogP contribution is -2.04. The van der Waals surface area contributed by atoms with Crippen LogP contribution in [-0.2, 0) is 0 Å². The highest BCUT2D eigenvalue weighted by Gasteiger charge is 2.32. The van der Waals surface area contributed by atoms with Gasteiger partial charge < -0.3 is 0 Å². The van der Waals surface area contributed by atoms with Crippen LogP contribution in [0, 0.1) is 11.8 Å². The van der Waals surface area contributed by atoms with Crippen molar-refractivity contribution < 1.29 is 0 Å². The Kier molecular flexibility index (Phi) is 1.29. The largest absolute Gasteiger partial charge is 0.0764 e. The maximum absolute atomic E-state index is 2.32. The third-order valence-electron chi connectivity index (χ3n) is 3.18. The molecule has 0 spiro atoms. The van der Waals surface area contributed by atoms with E-state index in [0.29, 0.717) is 11.8 Å². The van der Waals surface area contributed by atoms with E-state index in [1.165, 1.54) is 16.7 Å². The van der Waals surface area contributed by atoms with E-state index in [1.54, 1.807) is 0 Å². The first-order valence-corrected chi connectivity index (χ1v) is 4.82. The Hall–Kier alpha value is -1.30. The zero-order valence-corrected chi connectivity index (χ0v) is 7.70. The second-order valence-electron chi connectivity index (χ2n) is 3.94. The predicted molar refractivity (Wildman–Crippen MR) is 55.2 cm³/mol. The summed E-state index contributed by atoms with van der Waals surface area (Å²) >= 11 is 0. The maximum atomic E-state index is 2.32. The molecule has 0 bridgehead atoms. The molecule has 0 nitrogen and oxygen atoms in total. The highest BCUT2D eigenvalue weighted by Crippen LogP contribution is 2.44. The molecule has 0 heterocycles. The molecule has 0 radical (unpaired) electrons. The van der Waals surface area contributed by atoms with E-state index in [-0.39, 0.29) is 0 Å². The lowest BCUT2D eigenvalue weighted by Gasteiger charge is -2.13. The van der Waals surface area contributed by atoms with Gasteiger partial charge in [0.2, 0.25) is 0 Å². The lowest BCUT2D eigenvalue weighted by molar-refractivity contribution is 0.686. The minimum absolute atomic E-state index is 0.634. The molecule has 0 aromatic heterocycles. The second-order valence-corrected chi connectivity index (χ2v) is 3.94. The van der Waals surface area contributed by atoms with Crippen LogP contribution in [0.2, 0.25) is 0 Å². The van der Waals surface area contributed by atoms with Gasteiger partial charge in [-0.05, 0) is 23.6 Å². The molecule has 13 heavy (non-hydrogen) atoms. The van der Waals surface area contributed by atoms with Gasteiger partial charge in [0, 0.05) is 11.8 Å². The van der Waals surface area contributed by atoms with Gasteiger partial charge >= 0.3 is 0 Å². The lowest BCUT2D eigenvalue weighted by atomic mass is 9.90. The molecule has 0 fully saturated rings. The molecule has 0 heteroatoms. The van der Waals surface area contributed by atoms with Crippen LogP contribution in [0.4, 0.5) is 0 Å². The molecule has 2 unspecified atom stereocenters. The summed E-state index contributed by atoms with van der Waals surface area (Å²) in [4.78, 5) is 0. The molecule has 0 aromatic carbocycles. The van der Waals surface area contributed by atoms with E-state index < -0.39 is 0 Å². The summed E-state index contributed by atoms with van der Waals surface area (Å²) in [5.41, 5.74) is 4.40. The fourth-order valence-electron chi connectivity index (χ4n) is 2.48. The monoisotopic (exact) mass is 168 g/mol. The van der Waals surface area contributed by atoms with E-state index in [9.17, 15) is 0 Å². The Bertz CT molecular complexity index is 400. The average molecular weight is 168 g/mol. The molecule has 0 amide bonds. The molecule has 0 aliphatic heterocycles. The van der Waals surface area contributed by atoms with Gasteiger partial charge in [-0.25, -0.2) is 0 Å². The van der Waals surface area contributed by atoms with Crippen LogP contribution in [0.1, 0.15) is 6.92 Å². The summed E-state index contributed by atoms with van der Waals surface area (Å²) in [5, 5.41) is 0. The van der Waals surface area contributed by atoms with Gasteiger partial charge in [0.25, 0.3) is 0 Å². The van der Waals surface area contributed by atoms with E-state index >= 15 is 0 Å². The van der Waals surface area contributed by atoms with Crippen molar-refractivity contribution in [2.24, 2.45) is 11.8 Å². The van der Waals surface area contributed by atoms with Gasteiger partial charge in [-0.3, -0.25) is 0 Å². The number of hydrogen-bond acceptors (Lipinski definition) is 0. The SMILES string of the molecule is CC1=C2C=CC3C=CC(=CC=C1)C23. The molecule has 3 aliphatic rings. The number of allylic oxidation sites excluding steroid dienone is 10. The quantitative estimate of drug-likeness (QED) is 0.521. The summed E-state index contributed by atoms with van der Waals surface area (Å²) in [6, 6.07) is 0. The van der Waals surface area contributed by atoms with Crippen LogP contribution in [-0.4, -0.2) is 0 Å². The van der Waals surface area contributed by atoms with Crippen molar-refractivity contribution in [2.75, 3.05) is 0 Å². The Balaban J connectivity index is 2.23. The first-order valence-electron chi connectivity index (χ1n) is 4.82. The van der Waals surface area contributed by atoms with Gasteiger partial charge in [-0.1, -0.05) is 42.5 Å². The van der Waals surface area contributed by atoms with E-state index in [4.69, 9.17) is 0 Å². The molecule has 0 saturated heterocycles. The Morgan fingerprint density at radius 1 is 1.08 bits per heavy atom. The van der Waals surface area contributed by atoms with Crippen molar-refractivity contribution in [2.45, 2.75) is 6.92 Å². The summed E-state index contributed by atoms with van der Waals surface area (Å²) in [7, 11) is 0. The molecule has 64 valence electrons. The highest BCUT2D eigenvalue weighted by atomic mass is 14.4. The molecule has 3 aliphatic carbocycles.